The number of hydrogen-bond donors (Lipinski definition) is 1. The average Bonchev–Trinajstić information content (AvgIpc) is 2.16. The van der Waals surface area contributed by atoms with Gasteiger partial charge in [-0.3, -0.25) is 0 Å². The Kier molecular flexibility index (Phi) is 12.8. The number of aliphatic hydroxyl groups excluding tert-OH is 1. The van der Waals surface area contributed by atoms with Crippen molar-refractivity contribution in [1.82, 2.24) is 0 Å². The van der Waals surface area contributed by atoms with Crippen LogP contribution in [0.1, 0.15) is 20.3 Å². The average molecular weight is 280 g/mol. The third-order valence-electron chi connectivity index (χ3n) is 1.91. The smallest absolute Gasteiger partial charge is 0.707 e. The Labute approximate surface area is 139 Å². The Morgan fingerprint density at radius 3 is 2.38 bits per heavy atom. The normalized spacial score (nSPS) is 15.2. The quantitative estimate of drug-likeness (QED) is 0.277. The van der Waals surface area contributed by atoms with Crippen molar-refractivity contribution in [3.8, 4) is 0 Å². The summed E-state index contributed by atoms with van der Waals surface area (Å²) >= 11 is 0. The van der Waals surface area contributed by atoms with Gasteiger partial charge in [-0.1, -0.05) is 20.3 Å². The standard InChI is InChI=1S/C8H18O6S.K/c1-3-7(2)4-13-5-8(9)6-15(11,12)14-10;/h7-10H,3-6H2,1-2H3;/q;+1/p-1. The van der Waals surface area contributed by atoms with Crippen LogP contribution in [0.3, 0.4) is 0 Å². The molecule has 0 heterocycles. The molecule has 0 bridgehead atoms. The molecule has 0 saturated carbocycles. The third-order valence-corrected chi connectivity index (χ3v) is 2.91. The van der Waals surface area contributed by atoms with Crippen molar-refractivity contribution in [2.24, 2.45) is 5.92 Å². The van der Waals surface area contributed by atoms with Crippen molar-refractivity contribution in [1.29, 1.82) is 0 Å². The van der Waals surface area contributed by atoms with Crippen LogP contribution in [0.5, 0.6) is 0 Å². The molecule has 0 saturated heterocycles. The molecule has 0 fully saturated rings. The fourth-order valence-corrected chi connectivity index (χ4v) is 1.46. The second-order valence-corrected chi connectivity index (χ2v) is 5.08. The summed E-state index contributed by atoms with van der Waals surface area (Å²) in [7, 11) is -4.16. The van der Waals surface area contributed by atoms with Crippen LogP contribution in [0.2, 0.25) is 0 Å². The first-order chi connectivity index (χ1) is 6.91. The van der Waals surface area contributed by atoms with E-state index in [1.807, 2.05) is 13.8 Å². The molecular formula is C8H17KO6S. The Balaban J connectivity index is 0. The van der Waals surface area contributed by atoms with Gasteiger partial charge in [0.1, 0.15) is 5.75 Å². The van der Waals surface area contributed by atoms with Crippen molar-refractivity contribution in [2.45, 2.75) is 26.4 Å². The van der Waals surface area contributed by atoms with Crippen LogP contribution in [0.15, 0.2) is 0 Å². The van der Waals surface area contributed by atoms with Gasteiger partial charge in [0.15, 0.2) is 0 Å². The molecule has 16 heavy (non-hydrogen) atoms. The van der Waals surface area contributed by atoms with Gasteiger partial charge in [0, 0.05) is 6.61 Å². The molecule has 92 valence electrons. The second-order valence-electron chi connectivity index (χ2n) is 3.50. The van der Waals surface area contributed by atoms with Crippen LogP contribution < -0.4 is 56.6 Å². The van der Waals surface area contributed by atoms with Crippen molar-refractivity contribution in [3.05, 3.63) is 0 Å². The molecule has 0 aromatic heterocycles. The Morgan fingerprint density at radius 1 is 1.38 bits per heavy atom. The zero-order chi connectivity index (χ0) is 11.9. The zero-order valence-corrected chi connectivity index (χ0v) is 13.8. The molecule has 2 atom stereocenters. The summed E-state index contributed by atoms with van der Waals surface area (Å²) in [6.45, 7) is 4.31. The minimum atomic E-state index is -4.16. The summed E-state index contributed by atoms with van der Waals surface area (Å²) in [6, 6.07) is 0. The summed E-state index contributed by atoms with van der Waals surface area (Å²) in [4.78, 5) is 0. The summed E-state index contributed by atoms with van der Waals surface area (Å²) in [6.07, 6.45) is -0.286. The predicted molar refractivity (Wildman–Crippen MR) is 51.2 cm³/mol. The fourth-order valence-electron chi connectivity index (χ4n) is 0.835. The topological polar surface area (TPSA) is 95.9 Å². The van der Waals surface area contributed by atoms with Crippen molar-refractivity contribution < 1.29 is 79.2 Å². The van der Waals surface area contributed by atoms with E-state index in [4.69, 9.17) is 4.74 Å². The largest absolute Gasteiger partial charge is 1.00 e. The van der Waals surface area contributed by atoms with E-state index < -0.39 is 22.0 Å². The summed E-state index contributed by atoms with van der Waals surface area (Å²) < 4.78 is 29.3. The van der Waals surface area contributed by atoms with Crippen LogP contribution >= 0.6 is 0 Å². The van der Waals surface area contributed by atoms with E-state index in [0.29, 0.717) is 12.5 Å². The van der Waals surface area contributed by atoms with E-state index >= 15 is 0 Å². The molecule has 0 aromatic carbocycles. The van der Waals surface area contributed by atoms with E-state index in [1.54, 1.807) is 0 Å². The molecule has 1 N–H and O–H groups in total. The maximum Gasteiger partial charge on any atom is 1.00 e. The Hall–Kier alpha value is 1.43. The molecule has 0 rings (SSSR count). The molecule has 0 radical (unpaired) electrons. The van der Waals surface area contributed by atoms with Crippen molar-refractivity contribution in [2.75, 3.05) is 19.0 Å². The maximum absolute atomic E-state index is 10.6. The molecule has 8 heteroatoms. The first-order valence-corrected chi connectivity index (χ1v) is 6.29. The van der Waals surface area contributed by atoms with Crippen LogP contribution in [0.4, 0.5) is 0 Å². The number of aliphatic hydroxyl groups is 1. The molecule has 2 unspecified atom stereocenters. The zero-order valence-electron chi connectivity index (χ0n) is 9.88. The molecule has 0 aliphatic carbocycles. The Bertz CT molecular complexity index is 255. The van der Waals surface area contributed by atoms with Crippen LogP contribution in [0.25, 0.3) is 0 Å². The van der Waals surface area contributed by atoms with Gasteiger partial charge < -0.3 is 19.4 Å². The molecule has 6 nitrogen and oxygen atoms in total. The van der Waals surface area contributed by atoms with E-state index in [-0.39, 0.29) is 58.0 Å². The molecule has 0 aliphatic rings. The van der Waals surface area contributed by atoms with E-state index in [1.165, 1.54) is 0 Å². The summed E-state index contributed by atoms with van der Waals surface area (Å²) in [5, 5.41) is 18.9. The minimum Gasteiger partial charge on any atom is -0.707 e. The molecular weight excluding hydrogens is 263 g/mol. The Morgan fingerprint density at radius 2 is 1.94 bits per heavy atom. The van der Waals surface area contributed by atoms with Gasteiger partial charge in [-0.25, -0.2) is 0 Å². The maximum atomic E-state index is 10.6. The van der Waals surface area contributed by atoms with Crippen molar-refractivity contribution in [3.63, 3.8) is 0 Å². The van der Waals surface area contributed by atoms with Crippen LogP contribution in [-0.2, 0) is 19.2 Å². The molecule has 0 amide bonds. The summed E-state index contributed by atoms with van der Waals surface area (Å²) in [5.74, 6) is -0.388. The van der Waals surface area contributed by atoms with E-state index in [0.717, 1.165) is 6.42 Å². The third kappa shape index (κ3) is 10.6. The van der Waals surface area contributed by atoms with E-state index in [2.05, 4.69) is 4.33 Å². The first kappa shape index (κ1) is 19.8. The number of ether oxygens (including phenoxy) is 1. The van der Waals surface area contributed by atoms with Gasteiger partial charge in [-0.15, -0.1) is 0 Å². The van der Waals surface area contributed by atoms with Gasteiger partial charge in [0.2, 0.25) is 0 Å². The molecule has 0 aromatic rings. The van der Waals surface area contributed by atoms with Gasteiger partial charge in [0.05, 0.1) is 12.7 Å². The minimum absolute atomic E-state index is 0. The number of rotatable bonds is 8. The van der Waals surface area contributed by atoms with Gasteiger partial charge in [-0.05, 0) is 5.92 Å². The van der Waals surface area contributed by atoms with E-state index in [9.17, 15) is 18.8 Å². The fraction of sp³-hybridized carbons (Fsp3) is 1.00. The monoisotopic (exact) mass is 280 g/mol. The van der Waals surface area contributed by atoms with Crippen LogP contribution in [-0.4, -0.2) is 38.6 Å². The second kappa shape index (κ2) is 10.4. The van der Waals surface area contributed by atoms with Gasteiger partial charge in [-0.2, -0.15) is 8.42 Å². The SMILES string of the molecule is CCC(C)COCC(O)CS(=O)(=O)O[O-].[K+]. The number of hydrogen-bond acceptors (Lipinski definition) is 6. The molecule has 0 spiro atoms. The predicted octanol–water partition coefficient (Wildman–Crippen LogP) is -3.96. The van der Waals surface area contributed by atoms with Gasteiger partial charge >= 0.3 is 51.4 Å². The van der Waals surface area contributed by atoms with Crippen LogP contribution in [0, 0.1) is 5.92 Å². The van der Waals surface area contributed by atoms with Gasteiger partial charge in [0.25, 0.3) is 10.1 Å². The molecule has 0 aliphatic heterocycles. The van der Waals surface area contributed by atoms with Crippen molar-refractivity contribution >= 4 is 10.1 Å². The summed E-state index contributed by atoms with van der Waals surface area (Å²) in [5.41, 5.74) is 0. The first-order valence-electron chi connectivity index (χ1n) is 4.71.